The molecule has 0 aliphatic carbocycles. The summed E-state index contributed by atoms with van der Waals surface area (Å²) in [6.07, 6.45) is -0.258. The van der Waals surface area contributed by atoms with Crippen LogP contribution in [0.1, 0.15) is 17.5 Å². The normalized spacial score (nSPS) is 9.72. The predicted octanol–water partition coefficient (Wildman–Crippen LogP) is 1.18. The van der Waals surface area contributed by atoms with E-state index in [1.807, 2.05) is 25.1 Å². The Morgan fingerprint density at radius 3 is 2.56 bits per heavy atom. The van der Waals surface area contributed by atoms with Gasteiger partial charge < -0.3 is 14.8 Å². The van der Waals surface area contributed by atoms with Crippen LogP contribution in [0.25, 0.3) is 0 Å². The molecule has 1 N–H and O–H groups in total. The van der Waals surface area contributed by atoms with Crippen LogP contribution in [0.3, 0.4) is 0 Å². The molecule has 5 nitrogen and oxygen atoms in total. The quantitative estimate of drug-likeness (QED) is 0.630. The van der Waals surface area contributed by atoms with Gasteiger partial charge in [-0.25, -0.2) is 0 Å². The van der Waals surface area contributed by atoms with Crippen molar-refractivity contribution in [2.75, 3.05) is 14.2 Å². The molecule has 0 aliphatic rings. The van der Waals surface area contributed by atoms with Crippen LogP contribution in [-0.4, -0.2) is 26.1 Å². The molecule has 1 amide bonds. The number of ether oxygens (including phenoxy) is 2. The maximum absolute atomic E-state index is 11.4. The van der Waals surface area contributed by atoms with Crippen molar-refractivity contribution >= 4 is 11.9 Å². The topological polar surface area (TPSA) is 64.6 Å². The van der Waals surface area contributed by atoms with Crippen molar-refractivity contribution in [3.63, 3.8) is 0 Å². The Morgan fingerprint density at radius 1 is 1.28 bits per heavy atom. The van der Waals surface area contributed by atoms with E-state index in [1.54, 1.807) is 7.11 Å². The minimum absolute atomic E-state index is 0.258. The van der Waals surface area contributed by atoms with E-state index in [9.17, 15) is 9.59 Å². The summed E-state index contributed by atoms with van der Waals surface area (Å²) < 4.78 is 9.55. The van der Waals surface area contributed by atoms with Crippen LogP contribution >= 0.6 is 0 Å². The minimum atomic E-state index is -0.543. The third-order valence-electron chi connectivity index (χ3n) is 2.48. The van der Waals surface area contributed by atoms with Crippen LogP contribution in [0.2, 0.25) is 0 Å². The van der Waals surface area contributed by atoms with Crippen molar-refractivity contribution in [3.8, 4) is 5.75 Å². The van der Waals surface area contributed by atoms with E-state index in [2.05, 4.69) is 10.1 Å². The Hall–Kier alpha value is -2.04. The van der Waals surface area contributed by atoms with Crippen molar-refractivity contribution in [2.24, 2.45) is 0 Å². The van der Waals surface area contributed by atoms with Gasteiger partial charge in [0, 0.05) is 6.54 Å². The number of carbonyl (C=O) groups excluding carboxylic acids is 2. The van der Waals surface area contributed by atoms with Crippen molar-refractivity contribution in [1.29, 1.82) is 0 Å². The second-order valence-corrected chi connectivity index (χ2v) is 3.83. The van der Waals surface area contributed by atoms with Gasteiger partial charge in [-0.1, -0.05) is 12.1 Å². The van der Waals surface area contributed by atoms with Gasteiger partial charge in [0.2, 0.25) is 5.91 Å². The Bertz CT molecular complexity index is 443. The highest BCUT2D eigenvalue weighted by Crippen LogP contribution is 2.18. The second-order valence-electron chi connectivity index (χ2n) is 3.83. The van der Waals surface area contributed by atoms with Crippen molar-refractivity contribution < 1.29 is 19.1 Å². The Morgan fingerprint density at radius 2 is 2.00 bits per heavy atom. The number of methoxy groups -OCH3 is 2. The zero-order chi connectivity index (χ0) is 13.5. The molecule has 0 atom stereocenters. The Labute approximate surface area is 106 Å². The van der Waals surface area contributed by atoms with Gasteiger partial charge in [0.1, 0.15) is 12.2 Å². The van der Waals surface area contributed by atoms with Gasteiger partial charge in [-0.3, -0.25) is 9.59 Å². The maximum Gasteiger partial charge on any atom is 0.315 e. The predicted molar refractivity (Wildman–Crippen MR) is 66.2 cm³/mol. The summed E-state index contributed by atoms with van der Waals surface area (Å²) in [4.78, 5) is 22.2. The Kier molecular flexibility index (Phi) is 5.17. The molecule has 1 rings (SSSR count). The highest BCUT2D eigenvalue weighted by molar-refractivity contribution is 5.94. The van der Waals surface area contributed by atoms with E-state index < -0.39 is 5.97 Å². The number of benzene rings is 1. The van der Waals surface area contributed by atoms with Gasteiger partial charge >= 0.3 is 5.97 Å². The lowest BCUT2D eigenvalue weighted by Crippen LogP contribution is -2.25. The lowest BCUT2D eigenvalue weighted by atomic mass is 10.1. The zero-order valence-corrected chi connectivity index (χ0v) is 10.8. The van der Waals surface area contributed by atoms with E-state index in [0.29, 0.717) is 6.54 Å². The van der Waals surface area contributed by atoms with Gasteiger partial charge in [-0.15, -0.1) is 0 Å². The van der Waals surface area contributed by atoms with Crippen molar-refractivity contribution in [2.45, 2.75) is 19.9 Å². The van der Waals surface area contributed by atoms with Crippen molar-refractivity contribution in [3.05, 3.63) is 29.3 Å². The highest BCUT2D eigenvalue weighted by Gasteiger charge is 2.09. The lowest BCUT2D eigenvalue weighted by Gasteiger charge is -2.08. The first kappa shape index (κ1) is 14.0. The number of hydrogen-bond donors (Lipinski definition) is 1. The first-order valence-electron chi connectivity index (χ1n) is 5.54. The number of carbonyl (C=O) groups is 2. The van der Waals surface area contributed by atoms with E-state index in [0.717, 1.165) is 16.9 Å². The molecule has 1 aromatic carbocycles. The molecule has 18 heavy (non-hydrogen) atoms. The molecule has 0 unspecified atom stereocenters. The van der Waals surface area contributed by atoms with Gasteiger partial charge in [0.25, 0.3) is 0 Å². The van der Waals surface area contributed by atoms with E-state index >= 15 is 0 Å². The fourth-order valence-electron chi connectivity index (χ4n) is 1.52. The summed E-state index contributed by atoms with van der Waals surface area (Å²) in [5.74, 6) is -0.0895. The lowest BCUT2D eigenvalue weighted by molar-refractivity contribution is -0.143. The zero-order valence-electron chi connectivity index (χ0n) is 10.8. The average Bonchev–Trinajstić information content (AvgIpc) is 2.36. The number of nitrogens with one attached hydrogen (secondary N) is 1. The summed E-state index contributed by atoms with van der Waals surface area (Å²) in [6.45, 7) is 2.30. The van der Waals surface area contributed by atoms with Gasteiger partial charge in [0.05, 0.1) is 14.2 Å². The third-order valence-corrected chi connectivity index (χ3v) is 2.48. The van der Waals surface area contributed by atoms with Gasteiger partial charge in [-0.2, -0.15) is 0 Å². The smallest absolute Gasteiger partial charge is 0.315 e. The van der Waals surface area contributed by atoms with Gasteiger partial charge in [0.15, 0.2) is 0 Å². The number of esters is 1. The minimum Gasteiger partial charge on any atom is -0.496 e. The van der Waals surface area contributed by atoms with E-state index in [-0.39, 0.29) is 12.3 Å². The molecular formula is C13H17NO4. The average molecular weight is 251 g/mol. The molecule has 0 aromatic heterocycles. The summed E-state index contributed by atoms with van der Waals surface area (Å²) in [7, 11) is 2.86. The number of aryl methyl sites for hydroxylation is 1. The number of amides is 1. The first-order valence-corrected chi connectivity index (χ1v) is 5.54. The molecule has 5 heteroatoms. The van der Waals surface area contributed by atoms with Crippen LogP contribution in [0.5, 0.6) is 5.75 Å². The first-order chi connectivity index (χ1) is 8.56. The van der Waals surface area contributed by atoms with Crippen LogP contribution < -0.4 is 10.1 Å². The maximum atomic E-state index is 11.4. The number of hydrogen-bond acceptors (Lipinski definition) is 4. The van der Waals surface area contributed by atoms with Crippen LogP contribution in [0, 0.1) is 6.92 Å². The van der Waals surface area contributed by atoms with Crippen LogP contribution in [0.15, 0.2) is 18.2 Å². The second kappa shape index (κ2) is 6.64. The largest absolute Gasteiger partial charge is 0.496 e. The van der Waals surface area contributed by atoms with E-state index in [1.165, 1.54) is 7.11 Å². The van der Waals surface area contributed by atoms with Crippen LogP contribution in [-0.2, 0) is 20.9 Å². The Balaban J connectivity index is 2.51. The molecule has 0 heterocycles. The molecule has 0 radical (unpaired) electrons. The summed E-state index contributed by atoms with van der Waals surface area (Å²) in [5.41, 5.74) is 1.95. The number of rotatable bonds is 5. The molecule has 0 bridgehead atoms. The monoisotopic (exact) mass is 251 g/mol. The molecule has 0 saturated carbocycles. The standard InChI is InChI=1S/C13H17NO4/c1-9-6-10(4-5-11(9)17-2)8-14-12(15)7-13(16)18-3/h4-6H,7-8H2,1-3H3,(H,14,15). The molecule has 0 aliphatic heterocycles. The highest BCUT2D eigenvalue weighted by atomic mass is 16.5. The van der Waals surface area contributed by atoms with Crippen molar-refractivity contribution in [1.82, 2.24) is 5.32 Å². The molecule has 1 aromatic rings. The molecule has 98 valence electrons. The third kappa shape index (κ3) is 4.08. The summed E-state index contributed by atoms with van der Waals surface area (Å²) >= 11 is 0. The van der Waals surface area contributed by atoms with E-state index in [4.69, 9.17) is 4.74 Å². The summed E-state index contributed by atoms with van der Waals surface area (Å²) in [6, 6.07) is 5.64. The molecule has 0 saturated heterocycles. The summed E-state index contributed by atoms with van der Waals surface area (Å²) in [5, 5.41) is 2.65. The molecular weight excluding hydrogens is 234 g/mol. The van der Waals surface area contributed by atoms with Gasteiger partial charge in [-0.05, 0) is 24.1 Å². The molecule has 0 fully saturated rings. The molecule has 0 spiro atoms. The van der Waals surface area contributed by atoms with Crippen LogP contribution in [0.4, 0.5) is 0 Å². The SMILES string of the molecule is COC(=O)CC(=O)NCc1ccc(OC)c(C)c1. The fourth-order valence-corrected chi connectivity index (χ4v) is 1.52. The fraction of sp³-hybridized carbons (Fsp3) is 0.385.